The number of aromatic amines is 1. The Bertz CT molecular complexity index is 1020. The van der Waals surface area contributed by atoms with E-state index in [0.717, 1.165) is 16.5 Å². The number of hydrogen-bond donors (Lipinski definition) is 3. The number of aromatic nitrogens is 1. The van der Waals surface area contributed by atoms with Crippen molar-refractivity contribution in [2.45, 2.75) is 6.42 Å². The largest absolute Gasteiger partial charge is 0.361 e. The van der Waals surface area contributed by atoms with E-state index in [2.05, 4.69) is 15.0 Å². The molecule has 0 saturated carbocycles. The number of nitrogens with one attached hydrogen (secondary N) is 3. The Morgan fingerprint density at radius 1 is 1.12 bits per heavy atom. The molecule has 0 aliphatic carbocycles. The van der Waals surface area contributed by atoms with Crippen LogP contribution >= 0.6 is 11.6 Å². The fourth-order valence-corrected chi connectivity index (χ4v) is 3.73. The van der Waals surface area contributed by atoms with E-state index in [4.69, 9.17) is 11.6 Å². The Morgan fingerprint density at radius 2 is 1.88 bits per heavy atom. The first-order valence-corrected chi connectivity index (χ1v) is 10.0. The third-order valence-electron chi connectivity index (χ3n) is 3.82. The number of halogens is 1. The SMILES string of the molecule is O=C(Cc1c[nH]c2ccc(Cl)cc12)NCCS(=O)(=O)Nc1ccccc1. The third kappa shape index (κ3) is 4.77. The van der Waals surface area contributed by atoms with Crippen molar-refractivity contribution in [3.8, 4) is 0 Å². The monoisotopic (exact) mass is 391 g/mol. The highest BCUT2D eigenvalue weighted by Gasteiger charge is 2.13. The van der Waals surface area contributed by atoms with Crippen molar-refractivity contribution in [3.63, 3.8) is 0 Å². The Morgan fingerprint density at radius 3 is 2.65 bits per heavy atom. The molecule has 1 heterocycles. The number of sulfonamides is 1. The van der Waals surface area contributed by atoms with Gasteiger partial charge >= 0.3 is 0 Å². The molecule has 0 aliphatic heterocycles. The van der Waals surface area contributed by atoms with Crippen LogP contribution in [0, 0.1) is 0 Å². The molecule has 3 N–H and O–H groups in total. The summed E-state index contributed by atoms with van der Waals surface area (Å²) in [7, 11) is -3.52. The van der Waals surface area contributed by atoms with Gasteiger partial charge < -0.3 is 10.3 Å². The van der Waals surface area contributed by atoms with Gasteiger partial charge in [-0.2, -0.15) is 0 Å². The maximum Gasteiger partial charge on any atom is 0.234 e. The number of carbonyl (C=O) groups excluding carboxylic acids is 1. The molecular formula is C18H18ClN3O3S. The van der Waals surface area contributed by atoms with Crippen molar-refractivity contribution < 1.29 is 13.2 Å². The maximum atomic E-state index is 12.1. The highest BCUT2D eigenvalue weighted by atomic mass is 35.5. The van der Waals surface area contributed by atoms with E-state index >= 15 is 0 Å². The molecule has 0 spiro atoms. The molecule has 0 atom stereocenters. The van der Waals surface area contributed by atoms with Gasteiger partial charge in [-0.25, -0.2) is 8.42 Å². The molecule has 2 aromatic carbocycles. The highest BCUT2D eigenvalue weighted by molar-refractivity contribution is 7.92. The van der Waals surface area contributed by atoms with Crippen LogP contribution in [0.5, 0.6) is 0 Å². The van der Waals surface area contributed by atoms with Crippen molar-refractivity contribution in [2.75, 3.05) is 17.0 Å². The first-order chi connectivity index (χ1) is 12.4. The van der Waals surface area contributed by atoms with E-state index in [0.29, 0.717) is 10.7 Å². The standard InChI is InChI=1S/C18H18ClN3O3S/c19-14-6-7-17-16(11-14)13(12-21-17)10-18(23)20-8-9-26(24,25)22-15-4-2-1-3-5-15/h1-7,11-12,21-22H,8-10H2,(H,20,23). The number of H-pyrrole nitrogens is 1. The molecule has 6 nitrogen and oxygen atoms in total. The third-order valence-corrected chi connectivity index (χ3v) is 5.34. The number of hydrogen-bond acceptors (Lipinski definition) is 3. The molecular weight excluding hydrogens is 374 g/mol. The van der Waals surface area contributed by atoms with Gasteiger partial charge in [0, 0.05) is 34.4 Å². The van der Waals surface area contributed by atoms with Crippen LogP contribution in [0.2, 0.25) is 5.02 Å². The van der Waals surface area contributed by atoms with Gasteiger partial charge in [-0.1, -0.05) is 29.8 Å². The molecule has 3 rings (SSSR count). The molecule has 1 amide bonds. The van der Waals surface area contributed by atoms with Crippen molar-refractivity contribution in [2.24, 2.45) is 0 Å². The Labute approximate surface area is 156 Å². The minimum Gasteiger partial charge on any atom is -0.361 e. The summed E-state index contributed by atoms with van der Waals surface area (Å²) in [5.41, 5.74) is 2.20. The van der Waals surface area contributed by atoms with E-state index in [-0.39, 0.29) is 24.6 Å². The Balaban J connectivity index is 1.53. The molecule has 3 aromatic rings. The molecule has 0 saturated heterocycles. The minimum absolute atomic E-state index is 0.0319. The summed E-state index contributed by atoms with van der Waals surface area (Å²) in [5.74, 6) is -0.450. The Kier molecular flexibility index (Phi) is 5.49. The van der Waals surface area contributed by atoms with Gasteiger partial charge in [0.25, 0.3) is 0 Å². The number of anilines is 1. The van der Waals surface area contributed by atoms with Crippen molar-refractivity contribution >= 4 is 44.1 Å². The van der Waals surface area contributed by atoms with Crippen LogP contribution in [0.1, 0.15) is 5.56 Å². The average molecular weight is 392 g/mol. The minimum atomic E-state index is -3.52. The number of para-hydroxylation sites is 1. The van der Waals surface area contributed by atoms with Crippen molar-refractivity contribution in [1.29, 1.82) is 0 Å². The summed E-state index contributed by atoms with van der Waals surface area (Å²) in [6, 6.07) is 14.0. The summed E-state index contributed by atoms with van der Waals surface area (Å²) in [6.07, 6.45) is 1.90. The van der Waals surface area contributed by atoms with Gasteiger partial charge in [0.2, 0.25) is 15.9 Å². The lowest BCUT2D eigenvalue weighted by Gasteiger charge is -2.09. The van der Waals surface area contributed by atoms with E-state index < -0.39 is 10.0 Å². The van der Waals surface area contributed by atoms with Gasteiger partial charge in [-0.05, 0) is 35.9 Å². The van der Waals surface area contributed by atoms with Crippen LogP contribution in [0.4, 0.5) is 5.69 Å². The second-order valence-electron chi connectivity index (χ2n) is 5.82. The number of fused-ring (bicyclic) bond motifs is 1. The number of rotatable bonds is 7. The normalized spacial score (nSPS) is 11.4. The number of carbonyl (C=O) groups is 1. The summed E-state index contributed by atoms with van der Waals surface area (Å²) >= 11 is 6.00. The average Bonchev–Trinajstić information content (AvgIpc) is 2.97. The van der Waals surface area contributed by atoms with Crippen LogP contribution in [0.15, 0.2) is 54.7 Å². The van der Waals surface area contributed by atoms with Crippen LogP contribution in [-0.2, 0) is 21.2 Å². The Hall–Kier alpha value is -2.51. The van der Waals surface area contributed by atoms with E-state index in [1.165, 1.54) is 0 Å². The van der Waals surface area contributed by atoms with Crippen molar-refractivity contribution in [1.82, 2.24) is 10.3 Å². The summed E-state index contributed by atoms with van der Waals surface area (Å²) in [6.45, 7) is 0.0319. The second kappa shape index (κ2) is 7.80. The molecule has 1 aromatic heterocycles. The first-order valence-electron chi connectivity index (χ1n) is 8.01. The number of benzene rings is 2. The lowest BCUT2D eigenvalue weighted by molar-refractivity contribution is -0.120. The van der Waals surface area contributed by atoms with Crippen LogP contribution in [0.3, 0.4) is 0 Å². The summed E-state index contributed by atoms with van der Waals surface area (Å²) < 4.78 is 26.5. The molecule has 0 radical (unpaired) electrons. The molecule has 0 fully saturated rings. The number of amides is 1. The zero-order valence-electron chi connectivity index (χ0n) is 13.8. The van der Waals surface area contributed by atoms with Gasteiger partial charge in [-0.15, -0.1) is 0 Å². The highest BCUT2D eigenvalue weighted by Crippen LogP contribution is 2.22. The molecule has 0 unspecified atom stereocenters. The van der Waals surface area contributed by atoms with Gasteiger partial charge in [-0.3, -0.25) is 9.52 Å². The zero-order valence-corrected chi connectivity index (χ0v) is 15.4. The van der Waals surface area contributed by atoms with Gasteiger partial charge in [0.05, 0.1) is 12.2 Å². The lowest BCUT2D eigenvalue weighted by atomic mass is 10.1. The smallest absolute Gasteiger partial charge is 0.234 e. The second-order valence-corrected chi connectivity index (χ2v) is 8.10. The molecule has 0 bridgehead atoms. The van der Waals surface area contributed by atoms with Crippen molar-refractivity contribution in [3.05, 3.63) is 65.3 Å². The molecule has 0 aliphatic rings. The van der Waals surface area contributed by atoms with Crippen LogP contribution in [0.25, 0.3) is 10.9 Å². The van der Waals surface area contributed by atoms with E-state index in [1.54, 1.807) is 48.7 Å². The zero-order chi connectivity index (χ0) is 18.6. The van der Waals surface area contributed by atoms with Crippen LogP contribution < -0.4 is 10.0 Å². The summed E-state index contributed by atoms with van der Waals surface area (Å²) in [5, 5.41) is 4.11. The van der Waals surface area contributed by atoms with Crippen LogP contribution in [-0.4, -0.2) is 31.6 Å². The lowest BCUT2D eigenvalue weighted by Crippen LogP contribution is -2.32. The van der Waals surface area contributed by atoms with E-state index in [1.807, 2.05) is 6.07 Å². The van der Waals surface area contributed by atoms with Gasteiger partial charge in [0.1, 0.15) is 0 Å². The molecule has 136 valence electrons. The molecule has 8 heteroatoms. The van der Waals surface area contributed by atoms with E-state index in [9.17, 15) is 13.2 Å². The van der Waals surface area contributed by atoms with Gasteiger partial charge in [0.15, 0.2) is 0 Å². The summed E-state index contributed by atoms with van der Waals surface area (Å²) in [4.78, 5) is 15.2. The fourth-order valence-electron chi connectivity index (χ4n) is 2.59. The predicted molar refractivity (Wildman–Crippen MR) is 104 cm³/mol. The predicted octanol–water partition coefficient (Wildman–Crippen LogP) is 2.92. The first kappa shape index (κ1) is 18.3. The molecule has 26 heavy (non-hydrogen) atoms. The maximum absolute atomic E-state index is 12.1. The topological polar surface area (TPSA) is 91.1 Å². The fraction of sp³-hybridized carbons (Fsp3) is 0.167. The quantitative estimate of drug-likeness (QED) is 0.578.